The zero-order chi connectivity index (χ0) is 0. The van der Waals surface area contributed by atoms with Gasteiger partial charge in [-0.1, -0.05) is 0 Å². The molecule has 0 aliphatic rings. The van der Waals surface area contributed by atoms with Gasteiger partial charge in [-0.2, -0.15) is 0 Å². The second-order valence-corrected chi connectivity index (χ2v) is 0. The topological polar surface area (TPSA) is 142 Å². The van der Waals surface area contributed by atoms with E-state index in [0.29, 0.717) is 0 Å². The molecule has 2 radical (unpaired) electrons. The van der Waals surface area contributed by atoms with Crippen molar-refractivity contribution in [1.29, 1.82) is 0 Å². The van der Waals surface area contributed by atoms with Crippen LogP contribution in [0.25, 0.3) is 0 Å². The predicted octanol–water partition coefficient (Wildman–Crippen LogP) is -0.604. The summed E-state index contributed by atoms with van der Waals surface area (Å²) in [4.78, 5) is 0. The molecule has 0 unspecified atom stereocenters. The number of rotatable bonds is 0. The van der Waals surface area contributed by atoms with Crippen molar-refractivity contribution in [3.05, 3.63) is 0 Å². The SMILES string of the molecule is [Cr+3].[Cr+3].[O-2].[O-2].[O-2].[O-2].[O-2].[Zn+2].[Zn+2]. The zero-order valence-electron chi connectivity index (χ0n) is 4.27. The number of hydrogen-bond donors (Lipinski definition) is 0. The summed E-state index contributed by atoms with van der Waals surface area (Å²) in [6, 6.07) is 0. The van der Waals surface area contributed by atoms with Crippen LogP contribution in [-0.4, -0.2) is 0 Å². The average Bonchev–Trinajstić information content (AvgIpc) is 0. The Labute approximate surface area is 100 Å². The van der Waals surface area contributed by atoms with E-state index >= 15 is 0 Å². The Morgan fingerprint density at radius 1 is 0.333 bits per heavy atom. The van der Waals surface area contributed by atoms with E-state index in [1.807, 2.05) is 0 Å². The molecule has 0 heterocycles. The first-order chi connectivity index (χ1) is 0. The normalized spacial score (nSPS) is 0. The fraction of sp³-hybridized carbons (Fsp3) is 0. The molecule has 0 saturated heterocycles. The molecule has 0 aromatic carbocycles. The Morgan fingerprint density at radius 2 is 0.333 bits per heavy atom. The summed E-state index contributed by atoms with van der Waals surface area (Å²) in [5.41, 5.74) is 0. The Bertz CT molecular complexity index is 12.9. The van der Waals surface area contributed by atoms with Gasteiger partial charge < -0.3 is 27.4 Å². The summed E-state index contributed by atoms with van der Waals surface area (Å²) in [5.74, 6) is 0. The molecule has 46 valence electrons. The molecule has 9 heavy (non-hydrogen) atoms. The molecule has 0 aromatic rings. The van der Waals surface area contributed by atoms with E-state index in [2.05, 4.69) is 0 Å². The van der Waals surface area contributed by atoms with Gasteiger partial charge in [0, 0.05) is 0 Å². The van der Waals surface area contributed by atoms with Crippen molar-refractivity contribution in [2.45, 2.75) is 0 Å². The van der Waals surface area contributed by atoms with Crippen LogP contribution >= 0.6 is 0 Å². The predicted molar refractivity (Wildman–Crippen MR) is 3.43 cm³/mol. The van der Waals surface area contributed by atoms with Crippen molar-refractivity contribution in [2.75, 3.05) is 0 Å². The Morgan fingerprint density at radius 3 is 0.333 bits per heavy atom. The molecule has 0 amide bonds. The maximum Gasteiger partial charge on any atom is 3.00 e. The van der Waals surface area contributed by atoms with Crippen LogP contribution in [0.4, 0.5) is 0 Å². The summed E-state index contributed by atoms with van der Waals surface area (Å²) in [6.45, 7) is 0. The molecule has 0 atom stereocenters. The van der Waals surface area contributed by atoms with Gasteiger partial charge >= 0.3 is 73.7 Å². The Kier molecular flexibility index (Phi) is 5330. The standard InChI is InChI=1S/2Cr.5O.2Zn/q2*+3;5*-2;2*+2. The first-order valence-electron chi connectivity index (χ1n) is 0. The number of hydrogen-bond acceptors (Lipinski definition) is 0. The van der Waals surface area contributed by atoms with Gasteiger partial charge in [0.15, 0.2) is 0 Å². The molecule has 0 rings (SSSR count). The zero-order valence-corrected chi connectivity index (χ0v) is 12.8. The van der Waals surface area contributed by atoms with Crippen molar-refractivity contribution in [3.63, 3.8) is 0 Å². The van der Waals surface area contributed by atoms with Crippen LogP contribution < -0.4 is 0 Å². The van der Waals surface area contributed by atoms with E-state index in [1.54, 1.807) is 0 Å². The van der Waals surface area contributed by atoms with Gasteiger partial charge in [-0.05, 0) is 0 Å². The summed E-state index contributed by atoms with van der Waals surface area (Å²) in [7, 11) is 0. The first-order valence-corrected chi connectivity index (χ1v) is 0. The van der Waals surface area contributed by atoms with Gasteiger partial charge in [0.05, 0.1) is 0 Å². The monoisotopic (exact) mass is 312 g/mol. The minimum absolute atomic E-state index is 0. The van der Waals surface area contributed by atoms with Gasteiger partial charge in [-0.25, -0.2) is 0 Å². The molecule has 0 fully saturated rings. The van der Waals surface area contributed by atoms with E-state index in [-0.39, 0.29) is 101 Å². The fourth-order valence-corrected chi connectivity index (χ4v) is 0. The van der Waals surface area contributed by atoms with Crippen molar-refractivity contribution in [1.82, 2.24) is 0 Å². The third-order valence-electron chi connectivity index (χ3n) is 0. The molecule has 0 N–H and O–H groups in total. The van der Waals surface area contributed by atoms with Crippen LogP contribution in [0.2, 0.25) is 0 Å². The van der Waals surface area contributed by atoms with E-state index < -0.39 is 0 Å². The summed E-state index contributed by atoms with van der Waals surface area (Å²) >= 11 is 0. The summed E-state index contributed by atoms with van der Waals surface area (Å²) in [5, 5.41) is 0. The molecule has 9 heteroatoms. The molecule has 0 aliphatic carbocycles. The molecular weight excluding hydrogens is 315 g/mol. The third kappa shape index (κ3) is 149. The first kappa shape index (κ1) is 255. The van der Waals surface area contributed by atoms with Crippen LogP contribution in [0.3, 0.4) is 0 Å². The van der Waals surface area contributed by atoms with E-state index in [1.165, 1.54) is 0 Å². The Balaban J connectivity index is 0. The van der Waals surface area contributed by atoms with E-state index in [9.17, 15) is 0 Å². The summed E-state index contributed by atoms with van der Waals surface area (Å²) in [6.07, 6.45) is 0. The van der Waals surface area contributed by atoms with Gasteiger partial charge in [0.25, 0.3) is 0 Å². The van der Waals surface area contributed by atoms with Crippen LogP contribution in [-0.2, 0) is 101 Å². The maximum atomic E-state index is 0. The van der Waals surface area contributed by atoms with Crippen molar-refractivity contribution in [3.8, 4) is 0 Å². The summed E-state index contributed by atoms with van der Waals surface area (Å²) < 4.78 is 0. The van der Waals surface area contributed by atoms with Crippen LogP contribution in [0, 0.1) is 0 Å². The largest absolute Gasteiger partial charge is 3.00 e. The maximum absolute atomic E-state index is 0. The Hall–Kier alpha value is 2.11. The van der Waals surface area contributed by atoms with Gasteiger partial charge in [0.2, 0.25) is 0 Å². The van der Waals surface area contributed by atoms with Crippen molar-refractivity contribution < 1.29 is 101 Å². The molecule has 0 aliphatic heterocycles. The van der Waals surface area contributed by atoms with Crippen LogP contribution in [0.1, 0.15) is 0 Å². The molecule has 0 aromatic heterocycles. The fourth-order valence-electron chi connectivity index (χ4n) is 0. The van der Waals surface area contributed by atoms with Gasteiger partial charge in [0.1, 0.15) is 0 Å². The molecule has 0 saturated carbocycles. The van der Waals surface area contributed by atoms with Crippen molar-refractivity contribution in [2.24, 2.45) is 0 Å². The average molecular weight is 315 g/mol. The van der Waals surface area contributed by atoms with E-state index in [4.69, 9.17) is 0 Å². The second-order valence-electron chi connectivity index (χ2n) is 0. The molecule has 0 bridgehead atoms. The smallest absolute Gasteiger partial charge is 2.00 e. The molecular formula is Cr2O5Zn2. The van der Waals surface area contributed by atoms with Crippen LogP contribution in [0.15, 0.2) is 0 Å². The second kappa shape index (κ2) is 188. The minimum atomic E-state index is 0. The molecule has 5 nitrogen and oxygen atoms in total. The van der Waals surface area contributed by atoms with Gasteiger partial charge in [-0.15, -0.1) is 0 Å². The molecule has 0 spiro atoms. The van der Waals surface area contributed by atoms with Crippen molar-refractivity contribution >= 4 is 0 Å². The third-order valence-corrected chi connectivity index (χ3v) is 0. The van der Waals surface area contributed by atoms with Crippen LogP contribution in [0.5, 0.6) is 0 Å². The quantitative estimate of drug-likeness (QED) is 0.526. The van der Waals surface area contributed by atoms with Gasteiger partial charge in [-0.3, -0.25) is 0 Å². The van der Waals surface area contributed by atoms with E-state index in [0.717, 1.165) is 0 Å². The minimum Gasteiger partial charge on any atom is -2.00 e.